The molecule has 0 saturated heterocycles. The SMILES string of the molecule is Cc1ccccc1CC(=O)NCc1ccccc1OC(F)F. The molecule has 0 atom stereocenters. The number of hydrogen-bond donors (Lipinski definition) is 1. The van der Waals surface area contributed by atoms with Crippen molar-refractivity contribution in [3.63, 3.8) is 0 Å². The Balaban J connectivity index is 1.95. The molecule has 5 heteroatoms. The molecule has 2 rings (SSSR count). The van der Waals surface area contributed by atoms with E-state index in [4.69, 9.17) is 0 Å². The van der Waals surface area contributed by atoms with Crippen molar-refractivity contribution in [2.75, 3.05) is 0 Å². The maximum atomic E-state index is 12.3. The summed E-state index contributed by atoms with van der Waals surface area (Å²) < 4.78 is 29.1. The van der Waals surface area contributed by atoms with Gasteiger partial charge in [-0.25, -0.2) is 0 Å². The number of hydrogen-bond acceptors (Lipinski definition) is 2. The molecular weight excluding hydrogens is 288 g/mol. The summed E-state index contributed by atoms with van der Waals surface area (Å²) in [5, 5.41) is 2.72. The smallest absolute Gasteiger partial charge is 0.387 e. The minimum Gasteiger partial charge on any atom is -0.434 e. The van der Waals surface area contributed by atoms with Gasteiger partial charge in [-0.15, -0.1) is 0 Å². The molecule has 0 aliphatic rings. The number of alkyl halides is 2. The number of carbonyl (C=O) groups is 1. The fourth-order valence-corrected chi connectivity index (χ4v) is 2.10. The zero-order valence-corrected chi connectivity index (χ0v) is 12.2. The van der Waals surface area contributed by atoms with Gasteiger partial charge < -0.3 is 10.1 Å². The normalized spacial score (nSPS) is 10.5. The Labute approximate surface area is 127 Å². The topological polar surface area (TPSA) is 38.3 Å². The van der Waals surface area contributed by atoms with E-state index >= 15 is 0 Å². The molecule has 0 heterocycles. The van der Waals surface area contributed by atoms with Gasteiger partial charge in [0.15, 0.2) is 0 Å². The van der Waals surface area contributed by atoms with Gasteiger partial charge in [0, 0.05) is 12.1 Å². The predicted octanol–water partition coefficient (Wildman–Crippen LogP) is 3.46. The zero-order valence-electron chi connectivity index (χ0n) is 12.2. The highest BCUT2D eigenvalue weighted by molar-refractivity contribution is 5.78. The van der Waals surface area contributed by atoms with Crippen LogP contribution in [-0.2, 0) is 17.8 Å². The van der Waals surface area contributed by atoms with Crippen LogP contribution in [0.3, 0.4) is 0 Å². The van der Waals surface area contributed by atoms with Crippen molar-refractivity contribution in [1.82, 2.24) is 5.32 Å². The summed E-state index contributed by atoms with van der Waals surface area (Å²) in [5.41, 5.74) is 2.50. The van der Waals surface area contributed by atoms with Crippen molar-refractivity contribution in [3.05, 3.63) is 65.2 Å². The largest absolute Gasteiger partial charge is 0.434 e. The average Bonchev–Trinajstić information content (AvgIpc) is 2.48. The first-order valence-corrected chi connectivity index (χ1v) is 6.90. The second kappa shape index (κ2) is 7.54. The van der Waals surface area contributed by atoms with E-state index in [1.54, 1.807) is 18.2 Å². The molecule has 0 aromatic heterocycles. The van der Waals surface area contributed by atoms with E-state index in [1.807, 2.05) is 31.2 Å². The van der Waals surface area contributed by atoms with Gasteiger partial charge in [0.25, 0.3) is 0 Å². The first kappa shape index (κ1) is 15.9. The second-order valence-electron chi connectivity index (χ2n) is 4.87. The van der Waals surface area contributed by atoms with Crippen molar-refractivity contribution < 1.29 is 18.3 Å². The highest BCUT2D eigenvalue weighted by Gasteiger charge is 2.10. The minimum absolute atomic E-state index is 0.0775. The molecule has 0 saturated carbocycles. The lowest BCUT2D eigenvalue weighted by atomic mass is 10.1. The molecule has 22 heavy (non-hydrogen) atoms. The van der Waals surface area contributed by atoms with E-state index in [-0.39, 0.29) is 24.6 Å². The lowest BCUT2D eigenvalue weighted by molar-refractivity contribution is -0.120. The number of ether oxygens (including phenoxy) is 1. The van der Waals surface area contributed by atoms with Gasteiger partial charge in [-0.3, -0.25) is 4.79 Å². The molecule has 2 aromatic carbocycles. The van der Waals surface area contributed by atoms with E-state index in [9.17, 15) is 13.6 Å². The van der Waals surface area contributed by atoms with Gasteiger partial charge in [0.1, 0.15) is 5.75 Å². The van der Waals surface area contributed by atoms with Crippen LogP contribution >= 0.6 is 0 Å². The molecule has 116 valence electrons. The summed E-state index contributed by atoms with van der Waals surface area (Å²) >= 11 is 0. The lowest BCUT2D eigenvalue weighted by Gasteiger charge is -2.12. The lowest BCUT2D eigenvalue weighted by Crippen LogP contribution is -2.25. The third kappa shape index (κ3) is 4.55. The first-order valence-electron chi connectivity index (χ1n) is 6.90. The van der Waals surface area contributed by atoms with Crippen LogP contribution in [-0.4, -0.2) is 12.5 Å². The molecule has 1 amide bonds. The van der Waals surface area contributed by atoms with E-state index < -0.39 is 6.61 Å². The Morgan fingerprint density at radius 2 is 1.73 bits per heavy atom. The zero-order chi connectivity index (χ0) is 15.9. The minimum atomic E-state index is -2.89. The third-order valence-corrected chi connectivity index (χ3v) is 3.28. The van der Waals surface area contributed by atoms with Crippen LogP contribution in [0.25, 0.3) is 0 Å². The molecule has 0 spiro atoms. The molecule has 0 unspecified atom stereocenters. The quantitative estimate of drug-likeness (QED) is 0.887. The van der Waals surface area contributed by atoms with Crippen molar-refractivity contribution in [1.29, 1.82) is 0 Å². The van der Waals surface area contributed by atoms with Crippen LogP contribution in [0.2, 0.25) is 0 Å². The molecule has 3 nitrogen and oxygen atoms in total. The van der Waals surface area contributed by atoms with Gasteiger partial charge >= 0.3 is 6.61 Å². The molecule has 0 bridgehead atoms. The number of nitrogens with one attached hydrogen (secondary N) is 1. The summed E-state index contributed by atoms with van der Waals surface area (Å²) in [6.07, 6.45) is 0.255. The molecule has 0 radical (unpaired) electrons. The number of aryl methyl sites for hydroxylation is 1. The standard InChI is InChI=1S/C17H17F2NO2/c1-12-6-2-3-7-13(12)10-16(21)20-11-14-8-4-5-9-15(14)22-17(18)19/h2-9,17H,10-11H2,1H3,(H,20,21). The fraction of sp³-hybridized carbons (Fsp3) is 0.235. The predicted molar refractivity (Wildman–Crippen MR) is 79.8 cm³/mol. The van der Waals surface area contributed by atoms with Gasteiger partial charge in [-0.05, 0) is 24.1 Å². The molecule has 1 N–H and O–H groups in total. The molecule has 0 fully saturated rings. The van der Waals surface area contributed by atoms with Crippen molar-refractivity contribution >= 4 is 5.91 Å². The number of para-hydroxylation sites is 1. The Kier molecular flexibility index (Phi) is 5.47. The van der Waals surface area contributed by atoms with Gasteiger partial charge in [0.05, 0.1) is 6.42 Å². The van der Waals surface area contributed by atoms with Gasteiger partial charge in [-0.1, -0.05) is 42.5 Å². The number of benzene rings is 2. The summed E-state index contributed by atoms with van der Waals surface area (Å²) in [4.78, 5) is 12.0. The van der Waals surface area contributed by atoms with Crippen LogP contribution < -0.4 is 10.1 Å². The van der Waals surface area contributed by atoms with Crippen LogP contribution in [0.15, 0.2) is 48.5 Å². The number of carbonyl (C=O) groups excluding carboxylic acids is 1. The highest BCUT2D eigenvalue weighted by atomic mass is 19.3. The van der Waals surface area contributed by atoms with Gasteiger partial charge in [0.2, 0.25) is 5.91 Å². The number of rotatable bonds is 6. The number of halogens is 2. The number of amides is 1. The van der Waals surface area contributed by atoms with Crippen molar-refractivity contribution in [3.8, 4) is 5.75 Å². The Hall–Kier alpha value is -2.43. The average molecular weight is 305 g/mol. The second-order valence-corrected chi connectivity index (χ2v) is 4.87. The Bertz CT molecular complexity index is 644. The summed E-state index contributed by atoms with van der Waals surface area (Å²) in [6.45, 7) is -0.800. The third-order valence-electron chi connectivity index (χ3n) is 3.28. The van der Waals surface area contributed by atoms with Crippen LogP contribution in [0, 0.1) is 6.92 Å². The maximum Gasteiger partial charge on any atom is 0.387 e. The fourth-order valence-electron chi connectivity index (χ4n) is 2.10. The van der Waals surface area contributed by atoms with E-state index in [0.29, 0.717) is 5.56 Å². The van der Waals surface area contributed by atoms with E-state index in [1.165, 1.54) is 6.07 Å². The molecule has 0 aliphatic carbocycles. The van der Waals surface area contributed by atoms with Crippen molar-refractivity contribution in [2.45, 2.75) is 26.5 Å². The monoisotopic (exact) mass is 305 g/mol. The highest BCUT2D eigenvalue weighted by Crippen LogP contribution is 2.20. The van der Waals surface area contributed by atoms with Crippen LogP contribution in [0.1, 0.15) is 16.7 Å². The van der Waals surface area contributed by atoms with Gasteiger partial charge in [-0.2, -0.15) is 8.78 Å². The van der Waals surface area contributed by atoms with Crippen LogP contribution in [0.5, 0.6) is 5.75 Å². The van der Waals surface area contributed by atoms with E-state index in [2.05, 4.69) is 10.1 Å². The van der Waals surface area contributed by atoms with Crippen molar-refractivity contribution in [2.24, 2.45) is 0 Å². The summed E-state index contributed by atoms with van der Waals surface area (Å²) in [6, 6.07) is 14.0. The summed E-state index contributed by atoms with van der Waals surface area (Å²) in [5.74, 6) is -0.0881. The molecule has 0 aliphatic heterocycles. The Morgan fingerprint density at radius 1 is 1.09 bits per heavy atom. The van der Waals surface area contributed by atoms with E-state index in [0.717, 1.165) is 11.1 Å². The molecular formula is C17H17F2NO2. The molecule has 2 aromatic rings. The maximum absolute atomic E-state index is 12.3. The first-order chi connectivity index (χ1) is 10.6. The summed E-state index contributed by atoms with van der Waals surface area (Å²) in [7, 11) is 0. The Morgan fingerprint density at radius 3 is 2.41 bits per heavy atom. The van der Waals surface area contributed by atoms with Crippen LogP contribution in [0.4, 0.5) is 8.78 Å².